The standard InChI is InChI=1S/C20H18N2O3/c23-17(12-22-10-3-4-11-22)21-16-9-5-8-15-18(16)20(25)14-7-2-1-6-13(14)19(15)24/h1-2,5-9H,3-4,10-12H2,(H,21,23)/p+1. The summed E-state index contributed by atoms with van der Waals surface area (Å²) < 4.78 is 0. The van der Waals surface area contributed by atoms with Crippen LogP contribution in [0.4, 0.5) is 5.69 Å². The Kier molecular flexibility index (Phi) is 3.93. The minimum Gasteiger partial charge on any atom is -0.327 e. The van der Waals surface area contributed by atoms with Gasteiger partial charge in [0.1, 0.15) is 0 Å². The monoisotopic (exact) mass is 335 g/mol. The summed E-state index contributed by atoms with van der Waals surface area (Å²) in [6.07, 6.45) is 2.29. The summed E-state index contributed by atoms with van der Waals surface area (Å²) in [4.78, 5) is 39.2. The number of rotatable bonds is 3. The maximum absolute atomic E-state index is 12.9. The van der Waals surface area contributed by atoms with E-state index in [0.29, 0.717) is 34.5 Å². The number of fused-ring (bicyclic) bond motifs is 2. The first kappa shape index (κ1) is 15.7. The van der Waals surface area contributed by atoms with Crippen LogP contribution in [-0.2, 0) is 4.79 Å². The van der Waals surface area contributed by atoms with Crippen LogP contribution in [0.2, 0.25) is 0 Å². The summed E-state index contributed by atoms with van der Waals surface area (Å²) in [5.74, 6) is -0.509. The van der Waals surface area contributed by atoms with Gasteiger partial charge in [-0.25, -0.2) is 0 Å². The minimum atomic E-state index is -0.213. The zero-order valence-corrected chi connectivity index (χ0v) is 13.8. The Morgan fingerprint density at radius 3 is 2.24 bits per heavy atom. The second kappa shape index (κ2) is 6.26. The van der Waals surface area contributed by atoms with Crippen LogP contribution in [0.25, 0.3) is 0 Å². The summed E-state index contributed by atoms with van der Waals surface area (Å²) in [6.45, 7) is 2.40. The van der Waals surface area contributed by atoms with Gasteiger partial charge in [-0.3, -0.25) is 14.4 Å². The van der Waals surface area contributed by atoms with E-state index in [-0.39, 0.29) is 17.5 Å². The first-order valence-electron chi connectivity index (χ1n) is 8.60. The van der Waals surface area contributed by atoms with Gasteiger partial charge in [0.15, 0.2) is 18.1 Å². The molecule has 2 N–H and O–H groups in total. The predicted octanol–water partition coefficient (Wildman–Crippen LogP) is 1.08. The van der Waals surface area contributed by atoms with Crippen LogP contribution in [0.3, 0.4) is 0 Å². The van der Waals surface area contributed by atoms with Gasteiger partial charge in [0.05, 0.1) is 24.3 Å². The van der Waals surface area contributed by atoms with E-state index in [0.717, 1.165) is 25.9 Å². The second-order valence-electron chi connectivity index (χ2n) is 6.61. The van der Waals surface area contributed by atoms with Crippen LogP contribution in [-0.4, -0.2) is 37.1 Å². The van der Waals surface area contributed by atoms with Crippen molar-refractivity contribution in [2.75, 3.05) is 25.0 Å². The lowest BCUT2D eigenvalue weighted by molar-refractivity contribution is -0.878. The van der Waals surface area contributed by atoms with Crippen molar-refractivity contribution in [1.29, 1.82) is 0 Å². The molecule has 1 saturated heterocycles. The summed E-state index contributed by atoms with van der Waals surface area (Å²) in [6, 6.07) is 11.9. The van der Waals surface area contributed by atoms with Crippen LogP contribution < -0.4 is 10.2 Å². The fraction of sp³-hybridized carbons (Fsp3) is 0.250. The van der Waals surface area contributed by atoms with E-state index in [9.17, 15) is 14.4 Å². The van der Waals surface area contributed by atoms with Crippen molar-refractivity contribution in [3.05, 3.63) is 64.7 Å². The highest BCUT2D eigenvalue weighted by Crippen LogP contribution is 2.31. The number of likely N-dealkylation sites (tertiary alicyclic amines) is 1. The molecule has 25 heavy (non-hydrogen) atoms. The van der Waals surface area contributed by atoms with Gasteiger partial charge in [-0.05, 0) is 6.07 Å². The lowest BCUT2D eigenvalue weighted by Gasteiger charge is -2.20. The van der Waals surface area contributed by atoms with Crippen LogP contribution in [0.15, 0.2) is 42.5 Å². The molecule has 0 unspecified atom stereocenters. The molecule has 5 heteroatoms. The second-order valence-corrected chi connectivity index (χ2v) is 6.61. The van der Waals surface area contributed by atoms with E-state index in [2.05, 4.69) is 5.32 Å². The van der Waals surface area contributed by atoms with Crippen molar-refractivity contribution >= 4 is 23.2 Å². The highest BCUT2D eigenvalue weighted by molar-refractivity contribution is 6.30. The van der Waals surface area contributed by atoms with Crippen molar-refractivity contribution < 1.29 is 19.3 Å². The summed E-state index contributed by atoms with van der Waals surface area (Å²) in [5.41, 5.74) is 1.90. The number of hydrogen-bond donors (Lipinski definition) is 2. The quantitative estimate of drug-likeness (QED) is 0.753. The Balaban J connectivity index is 1.66. The van der Waals surface area contributed by atoms with Gasteiger partial charge in [-0.2, -0.15) is 0 Å². The third-order valence-corrected chi connectivity index (χ3v) is 4.95. The molecule has 2 aromatic carbocycles. The van der Waals surface area contributed by atoms with E-state index in [4.69, 9.17) is 0 Å². The van der Waals surface area contributed by atoms with E-state index in [1.807, 2.05) is 0 Å². The van der Waals surface area contributed by atoms with Gasteiger partial charge in [-0.1, -0.05) is 36.4 Å². The van der Waals surface area contributed by atoms with Crippen molar-refractivity contribution in [3.63, 3.8) is 0 Å². The molecule has 0 spiro atoms. The molecule has 0 radical (unpaired) electrons. The van der Waals surface area contributed by atoms with Gasteiger partial charge in [0.2, 0.25) is 0 Å². The number of quaternary nitrogens is 1. The van der Waals surface area contributed by atoms with Gasteiger partial charge >= 0.3 is 0 Å². The van der Waals surface area contributed by atoms with Gasteiger partial charge in [0.25, 0.3) is 5.91 Å². The largest absolute Gasteiger partial charge is 0.327 e. The number of ketones is 2. The Labute approximate surface area is 145 Å². The van der Waals surface area contributed by atoms with Crippen molar-refractivity contribution in [3.8, 4) is 0 Å². The molecule has 2 aliphatic rings. The van der Waals surface area contributed by atoms with Gasteiger partial charge in [-0.15, -0.1) is 0 Å². The first-order valence-corrected chi connectivity index (χ1v) is 8.60. The molecule has 2 aromatic rings. The fourth-order valence-corrected chi connectivity index (χ4v) is 3.72. The molecule has 1 aliphatic heterocycles. The fourth-order valence-electron chi connectivity index (χ4n) is 3.72. The summed E-state index contributed by atoms with van der Waals surface area (Å²) >= 11 is 0. The number of carbonyl (C=O) groups is 3. The SMILES string of the molecule is O=C(C[NH+]1CCCC1)Nc1cccc2c1C(=O)c1ccccc1C2=O. The van der Waals surface area contributed by atoms with Crippen molar-refractivity contribution in [2.45, 2.75) is 12.8 Å². The molecule has 5 nitrogen and oxygen atoms in total. The van der Waals surface area contributed by atoms with E-state index in [1.54, 1.807) is 42.5 Å². The van der Waals surface area contributed by atoms with Gasteiger partial charge < -0.3 is 10.2 Å². The van der Waals surface area contributed by atoms with Crippen LogP contribution in [0.5, 0.6) is 0 Å². The zero-order valence-electron chi connectivity index (χ0n) is 13.8. The topological polar surface area (TPSA) is 67.7 Å². The number of amides is 1. The van der Waals surface area contributed by atoms with Crippen LogP contribution >= 0.6 is 0 Å². The molecular formula is C20H19N2O3+. The molecular weight excluding hydrogens is 316 g/mol. The van der Waals surface area contributed by atoms with Crippen molar-refractivity contribution in [2.24, 2.45) is 0 Å². The van der Waals surface area contributed by atoms with E-state index >= 15 is 0 Å². The Hall–Kier alpha value is -2.79. The molecule has 0 bridgehead atoms. The lowest BCUT2D eigenvalue weighted by atomic mass is 9.83. The molecule has 0 saturated carbocycles. The predicted molar refractivity (Wildman–Crippen MR) is 93.2 cm³/mol. The molecule has 1 aliphatic carbocycles. The number of benzene rings is 2. The maximum atomic E-state index is 12.9. The highest BCUT2D eigenvalue weighted by atomic mass is 16.2. The molecule has 1 heterocycles. The average Bonchev–Trinajstić information content (AvgIpc) is 3.12. The van der Waals surface area contributed by atoms with Crippen LogP contribution in [0.1, 0.15) is 44.7 Å². The van der Waals surface area contributed by atoms with Crippen molar-refractivity contribution in [1.82, 2.24) is 0 Å². The van der Waals surface area contributed by atoms with E-state index < -0.39 is 0 Å². The third-order valence-electron chi connectivity index (χ3n) is 4.95. The zero-order chi connectivity index (χ0) is 17.4. The molecule has 1 amide bonds. The molecule has 0 atom stereocenters. The highest BCUT2D eigenvalue weighted by Gasteiger charge is 2.32. The molecule has 4 rings (SSSR count). The Morgan fingerprint density at radius 2 is 1.52 bits per heavy atom. The molecule has 1 fully saturated rings. The van der Waals surface area contributed by atoms with Gasteiger partial charge in [0, 0.05) is 29.5 Å². The Bertz CT molecular complexity index is 882. The number of carbonyl (C=O) groups excluding carboxylic acids is 3. The normalized spacial score (nSPS) is 16.5. The molecule has 0 aromatic heterocycles. The van der Waals surface area contributed by atoms with Crippen LogP contribution in [0, 0.1) is 0 Å². The average molecular weight is 335 g/mol. The first-order chi connectivity index (χ1) is 12.1. The Morgan fingerprint density at radius 1 is 0.880 bits per heavy atom. The summed E-state index contributed by atoms with van der Waals surface area (Å²) in [5, 5.41) is 2.85. The lowest BCUT2D eigenvalue weighted by Crippen LogP contribution is -3.11. The molecule has 126 valence electrons. The maximum Gasteiger partial charge on any atom is 0.279 e. The summed E-state index contributed by atoms with van der Waals surface area (Å²) in [7, 11) is 0. The van der Waals surface area contributed by atoms with E-state index in [1.165, 1.54) is 4.90 Å². The smallest absolute Gasteiger partial charge is 0.279 e. The number of hydrogen-bond acceptors (Lipinski definition) is 3. The third kappa shape index (κ3) is 2.76. The minimum absolute atomic E-state index is 0.121. The number of anilines is 1. The number of nitrogens with one attached hydrogen (secondary N) is 2.